The number of carboxylic acids is 1. The number of thioether (sulfide) groups is 1. The second kappa shape index (κ2) is 7.21. The van der Waals surface area contributed by atoms with Crippen LogP contribution in [-0.4, -0.2) is 39.8 Å². The van der Waals surface area contributed by atoms with E-state index in [2.05, 4.69) is 9.97 Å². The van der Waals surface area contributed by atoms with Crippen LogP contribution < -0.4 is 4.90 Å². The molecule has 0 bridgehead atoms. The molecule has 2 aromatic carbocycles. The lowest BCUT2D eigenvalue weighted by Gasteiger charge is -2.18. The Morgan fingerprint density at radius 3 is 2.62 bits per heavy atom. The van der Waals surface area contributed by atoms with Gasteiger partial charge in [0, 0.05) is 7.05 Å². The van der Waals surface area contributed by atoms with Gasteiger partial charge in [0.05, 0.1) is 28.0 Å². The van der Waals surface area contributed by atoms with Gasteiger partial charge in [-0.2, -0.15) is 0 Å². The molecule has 0 fully saturated rings. The molecule has 0 aliphatic rings. The third-order valence-corrected chi connectivity index (χ3v) is 5.14. The van der Waals surface area contributed by atoms with Crippen LogP contribution in [-0.2, 0) is 4.79 Å². The number of aromatic nitrogens is 2. The van der Waals surface area contributed by atoms with E-state index >= 15 is 0 Å². The number of anilines is 1. The van der Waals surface area contributed by atoms with Gasteiger partial charge in [0.2, 0.25) is 5.91 Å². The van der Waals surface area contributed by atoms with E-state index < -0.39 is 5.97 Å². The van der Waals surface area contributed by atoms with Crippen molar-refractivity contribution in [3.63, 3.8) is 0 Å². The molecule has 1 amide bonds. The van der Waals surface area contributed by atoms with Gasteiger partial charge >= 0.3 is 5.97 Å². The summed E-state index contributed by atoms with van der Waals surface area (Å²) in [6.45, 7) is 4.08. The van der Waals surface area contributed by atoms with Gasteiger partial charge in [-0.25, -0.2) is 9.78 Å². The van der Waals surface area contributed by atoms with Gasteiger partial charge in [-0.05, 0) is 49.2 Å². The van der Waals surface area contributed by atoms with Gasteiger partial charge in [-0.1, -0.05) is 23.9 Å². The lowest BCUT2D eigenvalue weighted by Crippen LogP contribution is -2.29. The average Bonchev–Trinajstić information content (AvgIpc) is 3.01. The summed E-state index contributed by atoms with van der Waals surface area (Å²) in [5.74, 6) is -1.10. The normalized spacial score (nSPS) is 10.9. The van der Waals surface area contributed by atoms with Gasteiger partial charge in [0.1, 0.15) is 0 Å². The van der Waals surface area contributed by atoms with Gasteiger partial charge in [-0.3, -0.25) is 4.79 Å². The van der Waals surface area contributed by atoms with Crippen LogP contribution in [0.4, 0.5) is 5.69 Å². The number of hydrogen-bond acceptors (Lipinski definition) is 4. The third-order valence-electron chi connectivity index (χ3n) is 4.28. The number of fused-ring (bicyclic) bond motifs is 1. The molecule has 0 unspecified atom stereocenters. The maximum Gasteiger partial charge on any atom is 0.337 e. The summed E-state index contributed by atoms with van der Waals surface area (Å²) in [4.78, 5) is 32.9. The minimum absolute atomic E-state index is 0.100. The number of H-pyrrole nitrogens is 1. The molecule has 7 heteroatoms. The number of nitrogens with one attached hydrogen (secondary N) is 1. The van der Waals surface area contributed by atoms with Crippen LogP contribution >= 0.6 is 11.8 Å². The smallest absolute Gasteiger partial charge is 0.337 e. The van der Waals surface area contributed by atoms with Crippen molar-refractivity contribution in [2.45, 2.75) is 19.0 Å². The summed E-state index contributed by atoms with van der Waals surface area (Å²) < 4.78 is 0. The van der Waals surface area contributed by atoms with Crippen molar-refractivity contribution >= 4 is 40.4 Å². The van der Waals surface area contributed by atoms with E-state index in [1.165, 1.54) is 33.9 Å². The molecule has 3 aromatic rings. The number of carbonyl (C=O) groups is 2. The second-order valence-corrected chi connectivity index (χ2v) is 7.02. The van der Waals surface area contributed by atoms with Crippen molar-refractivity contribution in [3.05, 3.63) is 53.1 Å². The van der Waals surface area contributed by atoms with Gasteiger partial charge < -0.3 is 15.0 Å². The summed E-state index contributed by atoms with van der Waals surface area (Å²) in [5, 5.41) is 9.94. The lowest BCUT2D eigenvalue weighted by atomic mass is 10.1. The number of para-hydroxylation sites is 1. The van der Waals surface area contributed by atoms with Crippen LogP contribution in [0.5, 0.6) is 0 Å². The first kappa shape index (κ1) is 18.0. The number of aromatic amines is 1. The Morgan fingerprint density at radius 2 is 1.88 bits per heavy atom. The van der Waals surface area contributed by atoms with Crippen LogP contribution in [0.1, 0.15) is 21.5 Å². The predicted molar refractivity (Wildman–Crippen MR) is 103 cm³/mol. The monoisotopic (exact) mass is 369 g/mol. The fraction of sp³-hybridized carbons (Fsp3) is 0.211. The zero-order valence-corrected chi connectivity index (χ0v) is 15.6. The molecule has 26 heavy (non-hydrogen) atoms. The lowest BCUT2D eigenvalue weighted by molar-refractivity contribution is -0.115. The maximum atomic E-state index is 12.5. The van der Waals surface area contributed by atoms with E-state index in [9.17, 15) is 14.7 Å². The number of hydrogen-bond donors (Lipinski definition) is 2. The molecule has 1 aromatic heterocycles. The van der Waals surface area contributed by atoms with Crippen molar-refractivity contribution in [2.75, 3.05) is 17.7 Å². The fourth-order valence-corrected chi connectivity index (χ4v) is 3.42. The summed E-state index contributed by atoms with van der Waals surface area (Å²) in [6, 6.07) is 10.5. The summed E-state index contributed by atoms with van der Waals surface area (Å²) in [6.07, 6.45) is 0. The highest BCUT2D eigenvalue weighted by Crippen LogP contribution is 2.24. The minimum Gasteiger partial charge on any atom is -0.478 e. The minimum atomic E-state index is -1.06. The maximum absolute atomic E-state index is 12.5. The molecule has 0 saturated heterocycles. The molecule has 0 radical (unpaired) electrons. The van der Waals surface area contributed by atoms with E-state index in [1.807, 2.05) is 26.0 Å². The number of carbonyl (C=O) groups excluding carboxylic acids is 1. The second-order valence-electron chi connectivity index (χ2n) is 6.06. The number of aromatic carboxylic acids is 1. The molecule has 0 aliphatic heterocycles. The molecule has 3 rings (SSSR count). The van der Waals surface area contributed by atoms with Crippen LogP contribution in [0, 0.1) is 13.8 Å². The predicted octanol–water partition coefficient (Wildman–Crippen LogP) is 3.63. The van der Waals surface area contributed by atoms with E-state index in [4.69, 9.17) is 0 Å². The van der Waals surface area contributed by atoms with Gasteiger partial charge in [0.15, 0.2) is 5.16 Å². The molecule has 6 nitrogen and oxygen atoms in total. The number of rotatable bonds is 5. The summed E-state index contributed by atoms with van der Waals surface area (Å²) in [7, 11) is 1.58. The largest absolute Gasteiger partial charge is 0.478 e. The van der Waals surface area contributed by atoms with Crippen LogP contribution in [0.3, 0.4) is 0 Å². The number of carboxylic acid groups (broad SMARTS) is 1. The number of aryl methyl sites for hydroxylation is 2. The standard InChI is InChI=1S/C19H19N3O3S/c1-11-8-14-15(9-12(11)2)21-19(20-14)26-10-17(23)22(3)16-7-5-4-6-13(16)18(24)25/h4-9H,10H2,1-3H3,(H,20,21)(H,24,25). The molecule has 1 heterocycles. The number of nitrogens with zero attached hydrogens (tertiary/aromatic N) is 2. The number of amides is 1. The number of benzene rings is 2. The number of imidazole rings is 1. The summed E-state index contributed by atoms with van der Waals surface area (Å²) in [5.41, 5.74) is 4.63. The molecular formula is C19H19N3O3S. The Balaban J connectivity index is 1.74. The SMILES string of the molecule is Cc1cc2nc(SCC(=O)N(C)c3ccccc3C(=O)O)[nH]c2cc1C. The van der Waals surface area contributed by atoms with Crippen molar-refractivity contribution in [3.8, 4) is 0 Å². The van der Waals surface area contributed by atoms with E-state index in [-0.39, 0.29) is 17.2 Å². The van der Waals surface area contributed by atoms with Crippen molar-refractivity contribution in [2.24, 2.45) is 0 Å². The molecule has 0 spiro atoms. The van der Waals surface area contributed by atoms with E-state index in [0.29, 0.717) is 10.8 Å². The van der Waals surface area contributed by atoms with Crippen LogP contribution in [0.15, 0.2) is 41.6 Å². The van der Waals surface area contributed by atoms with Gasteiger partial charge in [0.25, 0.3) is 0 Å². The Labute approximate surface area is 155 Å². The Bertz CT molecular complexity index is 958. The fourth-order valence-electron chi connectivity index (χ4n) is 2.62. The highest BCUT2D eigenvalue weighted by Gasteiger charge is 2.18. The zero-order valence-electron chi connectivity index (χ0n) is 14.7. The Hall–Kier alpha value is -2.80. The Kier molecular flexibility index (Phi) is 4.99. The summed E-state index contributed by atoms with van der Waals surface area (Å²) >= 11 is 1.30. The first-order valence-electron chi connectivity index (χ1n) is 8.05. The van der Waals surface area contributed by atoms with E-state index in [0.717, 1.165) is 11.0 Å². The average molecular weight is 369 g/mol. The highest BCUT2D eigenvalue weighted by atomic mass is 32.2. The Morgan fingerprint density at radius 1 is 1.19 bits per heavy atom. The van der Waals surface area contributed by atoms with Crippen LogP contribution in [0.25, 0.3) is 11.0 Å². The van der Waals surface area contributed by atoms with E-state index in [1.54, 1.807) is 25.2 Å². The molecule has 0 aliphatic carbocycles. The molecular weight excluding hydrogens is 350 g/mol. The molecule has 2 N–H and O–H groups in total. The van der Waals surface area contributed by atoms with Crippen molar-refractivity contribution < 1.29 is 14.7 Å². The topological polar surface area (TPSA) is 86.3 Å². The van der Waals surface area contributed by atoms with Gasteiger partial charge in [-0.15, -0.1) is 0 Å². The quantitative estimate of drug-likeness (QED) is 0.671. The first-order valence-corrected chi connectivity index (χ1v) is 9.04. The van der Waals surface area contributed by atoms with Crippen molar-refractivity contribution in [1.29, 1.82) is 0 Å². The molecule has 0 atom stereocenters. The highest BCUT2D eigenvalue weighted by molar-refractivity contribution is 7.99. The van der Waals surface area contributed by atoms with Crippen molar-refractivity contribution in [1.82, 2.24) is 9.97 Å². The molecule has 0 saturated carbocycles. The zero-order chi connectivity index (χ0) is 18.8. The third kappa shape index (κ3) is 3.57. The molecule has 134 valence electrons. The van der Waals surface area contributed by atoms with Crippen LogP contribution in [0.2, 0.25) is 0 Å². The first-order chi connectivity index (χ1) is 12.4.